The van der Waals surface area contributed by atoms with Crippen LogP contribution in [0, 0.1) is 0 Å². The minimum atomic E-state index is -4.62. The van der Waals surface area contributed by atoms with Crippen LogP contribution in [0.1, 0.15) is 12.0 Å². The van der Waals surface area contributed by atoms with E-state index in [1.165, 1.54) is 0 Å². The summed E-state index contributed by atoms with van der Waals surface area (Å²) in [5, 5.41) is 0. The summed E-state index contributed by atoms with van der Waals surface area (Å²) in [7, 11) is 1.15. The van der Waals surface area contributed by atoms with Crippen molar-refractivity contribution in [1.82, 2.24) is 4.90 Å². The number of benzene rings is 1. The number of nitrogens with zero attached hydrogens (tertiary/aromatic N) is 1. The van der Waals surface area contributed by atoms with E-state index in [1.54, 1.807) is 30.3 Å². The molecule has 0 aromatic heterocycles. The molecule has 0 aliphatic carbocycles. The van der Waals surface area contributed by atoms with Crippen LogP contribution in [0.5, 0.6) is 0 Å². The minimum absolute atomic E-state index is 0.179. The molecule has 1 aromatic carbocycles. The van der Waals surface area contributed by atoms with Gasteiger partial charge in [-0.15, -0.1) is 0 Å². The number of hydrogen-bond donors (Lipinski definition) is 0. The Labute approximate surface area is 136 Å². The smallest absolute Gasteiger partial charge is 0.410 e. The number of halogens is 4. The summed E-state index contributed by atoms with van der Waals surface area (Å²) < 4.78 is 63.9. The summed E-state index contributed by atoms with van der Waals surface area (Å²) in [6.07, 6.45) is -6.01. The molecule has 0 aliphatic rings. The first kappa shape index (κ1) is 19.6. The highest BCUT2D eigenvalue weighted by atomic mass is 35.7. The van der Waals surface area contributed by atoms with Gasteiger partial charge < -0.3 is 4.74 Å². The van der Waals surface area contributed by atoms with Gasteiger partial charge in [0.2, 0.25) is 9.05 Å². The Balaban J connectivity index is 2.60. The fraction of sp³-hybridized carbons (Fsp3) is 0.462. The Bertz CT molecular complexity index is 607. The first-order valence-electron chi connectivity index (χ1n) is 6.51. The zero-order valence-electron chi connectivity index (χ0n) is 11.9. The van der Waals surface area contributed by atoms with Crippen LogP contribution in [0.25, 0.3) is 0 Å². The molecule has 130 valence electrons. The van der Waals surface area contributed by atoms with E-state index in [9.17, 15) is 26.4 Å². The quantitative estimate of drug-likeness (QED) is 0.689. The predicted molar refractivity (Wildman–Crippen MR) is 78.5 cm³/mol. The molecule has 0 fully saturated rings. The van der Waals surface area contributed by atoms with Crippen LogP contribution in [0.3, 0.4) is 0 Å². The van der Waals surface area contributed by atoms with Gasteiger partial charge in [-0.1, -0.05) is 30.3 Å². The van der Waals surface area contributed by atoms with Crippen LogP contribution in [0.15, 0.2) is 30.3 Å². The van der Waals surface area contributed by atoms with Gasteiger partial charge in [0, 0.05) is 17.2 Å². The third kappa shape index (κ3) is 9.29. The molecular formula is C13H15ClF3NO4S. The predicted octanol–water partition coefficient (Wildman–Crippen LogP) is 3.15. The van der Waals surface area contributed by atoms with Crippen molar-refractivity contribution in [3.8, 4) is 0 Å². The number of carbonyl (C=O) groups excluding carboxylic acids is 1. The summed E-state index contributed by atoms with van der Waals surface area (Å²) >= 11 is 0. The summed E-state index contributed by atoms with van der Waals surface area (Å²) in [5.41, 5.74) is 0.621. The highest BCUT2D eigenvalue weighted by molar-refractivity contribution is 8.13. The van der Waals surface area contributed by atoms with Crippen LogP contribution in [-0.2, 0) is 20.4 Å². The molecule has 1 aromatic rings. The van der Waals surface area contributed by atoms with Crippen LogP contribution < -0.4 is 0 Å². The first-order valence-corrected chi connectivity index (χ1v) is 8.99. The Kier molecular flexibility index (Phi) is 7.14. The van der Waals surface area contributed by atoms with Gasteiger partial charge >= 0.3 is 12.3 Å². The zero-order valence-corrected chi connectivity index (χ0v) is 13.5. The van der Waals surface area contributed by atoms with E-state index >= 15 is 0 Å². The van der Waals surface area contributed by atoms with Crippen LogP contribution >= 0.6 is 10.7 Å². The van der Waals surface area contributed by atoms with Crippen molar-refractivity contribution in [3.05, 3.63) is 35.9 Å². The lowest BCUT2D eigenvalue weighted by atomic mass is 10.2. The molecule has 1 rings (SSSR count). The molecule has 0 unspecified atom stereocenters. The summed E-state index contributed by atoms with van der Waals surface area (Å²) in [6.45, 7) is -2.14. The van der Waals surface area contributed by atoms with Crippen molar-refractivity contribution in [2.45, 2.75) is 19.2 Å². The lowest BCUT2D eigenvalue weighted by Gasteiger charge is -2.23. The van der Waals surface area contributed by atoms with Crippen molar-refractivity contribution in [2.75, 3.05) is 18.8 Å². The molecule has 0 bridgehead atoms. The normalized spacial score (nSPS) is 12.0. The third-order valence-corrected chi connectivity index (χ3v) is 3.89. The maximum atomic E-state index is 12.5. The van der Waals surface area contributed by atoms with E-state index in [4.69, 9.17) is 15.4 Å². The molecule has 0 radical (unpaired) electrons. The molecule has 10 heteroatoms. The van der Waals surface area contributed by atoms with Crippen molar-refractivity contribution < 1.29 is 31.1 Å². The average molecular weight is 374 g/mol. The number of alkyl halides is 3. The Morgan fingerprint density at radius 1 is 1.22 bits per heavy atom. The summed E-state index contributed by atoms with van der Waals surface area (Å²) in [5.74, 6) is -0.533. The van der Waals surface area contributed by atoms with Crippen molar-refractivity contribution in [3.63, 3.8) is 0 Å². The SMILES string of the molecule is O=C(OCc1ccccc1)N(CCCS(=O)(=O)Cl)CC(F)(F)F. The summed E-state index contributed by atoms with van der Waals surface area (Å²) in [4.78, 5) is 12.2. The Morgan fingerprint density at radius 3 is 2.35 bits per heavy atom. The maximum absolute atomic E-state index is 12.5. The largest absolute Gasteiger partial charge is 0.445 e. The lowest BCUT2D eigenvalue weighted by molar-refractivity contribution is -0.142. The fourth-order valence-electron chi connectivity index (χ4n) is 1.69. The van der Waals surface area contributed by atoms with Gasteiger partial charge in [0.1, 0.15) is 13.2 Å². The maximum Gasteiger partial charge on any atom is 0.410 e. The molecule has 23 heavy (non-hydrogen) atoms. The molecule has 0 spiro atoms. The number of hydrogen-bond acceptors (Lipinski definition) is 4. The van der Waals surface area contributed by atoms with Gasteiger partial charge in [-0.3, -0.25) is 4.90 Å². The molecule has 0 N–H and O–H groups in total. The highest BCUT2D eigenvalue weighted by Gasteiger charge is 2.33. The van der Waals surface area contributed by atoms with E-state index in [0.717, 1.165) is 0 Å². The van der Waals surface area contributed by atoms with Crippen LogP contribution in [-0.4, -0.2) is 44.4 Å². The Hall–Kier alpha value is -1.48. The number of amides is 1. The molecule has 1 amide bonds. The van der Waals surface area contributed by atoms with Gasteiger partial charge in [-0.05, 0) is 12.0 Å². The molecule has 0 saturated heterocycles. The van der Waals surface area contributed by atoms with Gasteiger partial charge in [0.25, 0.3) is 0 Å². The van der Waals surface area contributed by atoms with Crippen molar-refractivity contribution in [2.24, 2.45) is 0 Å². The minimum Gasteiger partial charge on any atom is -0.445 e. The molecule has 0 heterocycles. The second kappa shape index (κ2) is 8.39. The standard InChI is InChI=1S/C13H15ClF3NO4S/c14-23(20,21)8-4-7-18(10-13(15,16)17)12(19)22-9-11-5-2-1-3-6-11/h1-3,5-6H,4,7-10H2. The molecule has 5 nitrogen and oxygen atoms in total. The fourth-order valence-corrected chi connectivity index (χ4v) is 2.49. The summed E-state index contributed by atoms with van der Waals surface area (Å²) in [6, 6.07) is 8.45. The van der Waals surface area contributed by atoms with Gasteiger partial charge in [0.05, 0.1) is 5.75 Å². The zero-order chi connectivity index (χ0) is 17.5. The highest BCUT2D eigenvalue weighted by Crippen LogP contribution is 2.18. The van der Waals surface area contributed by atoms with E-state index in [1.807, 2.05) is 0 Å². The average Bonchev–Trinajstić information content (AvgIpc) is 2.42. The van der Waals surface area contributed by atoms with E-state index in [2.05, 4.69) is 0 Å². The number of rotatable bonds is 7. The van der Waals surface area contributed by atoms with Gasteiger partial charge in [-0.25, -0.2) is 13.2 Å². The van der Waals surface area contributed by atoms with E-state index in [-0.39, 0.29) is 13.0 Å². The van der Waals surface area contributed by atoms with Crippen molar-refractivity contribution in [1.29, 1.82) is 0 Å². The van der Waals surface area contributed by atoms with Gasteiger partial charge in [-0.2, -0.15) is 13.2 Å². The lowest BCUT2D eigenvalue weighted by Crippen LogP contribution is -2.40. The Morgan fingerprint density at radius 2 is 1.83 bits per heavy atom. The molecule has 0 atom stereocenters. The second-order valence-electron chi connectivity index (χ2n) is 4.67. The van der Waals surface area contributed by atoms with Crippen LogP contribution in [0.4, 0.5) is 18.0 Å². The topological polar surface area (TPSA) is 63.7 Å². The monoisotopic (exact) mass is 373 g/mol. The van der Waals surface area contributed by atoms with E-state index < -0.39 is 40.2 Å². The number of carbonyl (C=O) groups is 1. The first-order chi connectivity index (χ1) is 10.6. The second-order valence-corrected chi connectivity index (χ2v) is 7.57. The number of ether oxygens (including phenoxy) is 1. The van der Waals surface area contributed by atoms with E-state index in [0.29, 0.717) is 10.5 Å². The molecule has 0 saturated carbocycles. The molecule has 0 aliphatic heterocycles. The van der Waals surface area contributed by atoms with Crippen molar-refractivity contribution >= 4 is 25.8 Å². The van der Waals surface area contributed by atoms with Crippen LogP contribution in [0.2, 0.25) is 0 Å². The molecular weight excluding hydrogens is 359 g/mol. The third-order valence-electron chi connectivity index (χ3n) is 2.65. The van der Waals surface area contributed by atoms with Gasteiger partial charge in [0.15, 0.2) is 0 Å².